The maximum Gasteiger partial charge on any atom is 0.362 e. The van der Waals surface area contributed by atoms with Gasteiger partial charge in [0.25, 0.3) is 5.91 Å². The number of fused-ring (bicyclic) bond motifs is 1. The van der Waals surface area contributed by atoms with Gasteiger partial charge in [0.15, 0.2) is 5.65 Å². The van der Waals surface area contributed by atoms with Crippen molar-refractivity contribution in [1.82, 2.24) is 19.3 Å². The van der Waals surface area contributed by atoms with Crippen LogP contribution in [0.1, 0.15) is 29.4 Å². The Hall–Kier alpha value is -3.22. The highest BCUT2D eigenvalue weighted by Gasteiger charge is 2.30. The van der Waals surface area contributed by atoms with Gasteiger partial charge in [-0.25, -0.2) is 14.7 Å². The quantitative estimate of drug-likeness (QED) is 0.481. The number of aromatic nitrogens is 3. The Balaban J connectivity index is 1.36. The number of nitrogens with two attached hydrogens (primary N) is 2. The zero-order valence-corrected chi connectivity index (χ0v) is 16.6. The fourth-order valence-electron chi connectivity index (χ4n) is 3.25. The summed E-state index contributed by atoms with van der Waals surface area (Å²) in [6.45, 7) is -0.244. The molecule has 0 aliphatic carbocycles. The van der Waals surface area contributed by atoms with Gasteiger partial charge in [0, 0.05) is 11.9 Å². The minimum absolute atomic E-state index is 0.0422. The SMILES string of the molecule is Nc1ccccc1C(=O)NS(=O)(=O)OC[C@@H]1CC[C@H](n2cnc3c(N)ccnc32)O1. The molecule has 4 rings (SSSR count). The fourth-order valence-corrected chi connectivity index (χ4v) is 3.97. The molecule has 5 N–H and O–H groups in total. The van der Waals surface area contributed by atoms with Crippen LogP contribution in [0.5, 0.6) is 0 Å². The number of carbonyl (C=O) groups is 1. The van der Waals surface area contributed by atoms with Crippen LogP contribution in [0.2, 0.25) is 0 Å². The average molecular weight is 432 g/mol. The van der Waals surface area contributed by atoms with Gasteiger partial charge in [-0.3, -0.25) is 13.5 Å². The predicted octanol–water partition coefficient (Wildman–Crippen LogP) is 0.965. The number of nitrogen functional groups attached to an aromatic ring is 2. The number of hydrogen-bond acceptors (Lipinski definition) is 9. The number of anilines is 2. The van der Waals surface area contributed by atoms with Crippen LogP contribution >= 0.6 is 0 Å². The van der Waals surface area contributed by atoms with E-state index in [4.69, 9.17) is 20.4 Å². The summed E-state index contributed by atoms with van der Waals surface area (Å²) in [7, 11) is -4.33. The van der Waals surface area contributed by atoms with Crippen molar-refractivity contribution in [3.63, 3.8) is 0 Å². The fraction of sp³-hybridized carbons (Fsp3) is 0.278. The highest BCUT2D eigenvalue weighted by molar-refractivity contribution is 7.85. The Morgan fingerprint density at radius 3 is 2.80 bits per heavy atom. The normalized spacial score (nSPS) is 19.2. The molecule has 12 heteroatoms. The van der Waals surface area contributed by atoms with Crippen molar-refractivity contribution >= 4 is 38.7 Å². The molecule has 3 aromatic rings. The number of carbonyl (C=O) groups excluding carboxylic acids is 1. The number of para-hydroxylation sites is 1. The molecule has 1 aromatic carbocycles. The molecule has 1 amide bonds. The second-order valence-corrected chi connectivity index (χ2v) is 8.12. The van der Waals surface area contributed by atoms with Crippen LogP contribution < -0.4 is 16.2 Å². The van der Waals surface area contributed by atoms with Crippen molar-refractivity contribution in [2.45, 2.75) is 25.2 Å². The van der Waals surface area contributed by atoms with E-state index in [1.165, 1.54) is 12.1 Å². The molecular weight excluding hydrogens is 412 g/mol. The first-order valence-electron chi connectivity index (χ1n) is 9.12. The van der Waals surface area contributed by atoms with Crippen LogP contribution in [-0.4, -0.2) is 41.6 Å². The van der Waals surface area contributed by atoms with Crippen LogP contribution in [0.4, 0.5) is 11.4 Å². The number of nitrogens with zero attached hydrogens (tertiary/aromatic N) is 3. The van der Waals surface area contributed by atoms with Crippen molar-refractivity contribution in [3.05, 3.63) is 48.4 Å². The van der Waals surface area contributed by atoms with E-state index in [1.807, 2.05) is 4.72 Å². The molecule has 2 aromatic heterocycles. The van der Waals surface area contributed by atoms with Gasteiger partial charge in [-0.15, -0.1) is 0 Å². The summed E-state index contributed by atoms with van der Waals surface area (Å²) in [5.41, 5.74) is 13.5. The van der Waals surface area contributed by atoms with Gasteiger partial charge < -0.3 is 16.2 Å². The van der Waals surface area contributed by atoms with E-state index < -0.39 is 22.3 Å². The smallest absolute Gasteiger partial charge is 0.362 e. The van der Waals surface area contributed by atoms with E-state index in [2.05, 4.69) is 9.97 Å². The third kappa shape index (κ3) is 4.06. The van der Waals surface area contributed by atoms with Gasteiger partial charge in [0.2, 0.25) is 0 Å². The van der Waals surface area contributed by atoms with Gasteiger partial charge in [0.05, 0.1) is 30.3 Å². The number of ether oxygens (including phenoxy) is 1. The van der Waals surface area contributed by atoms with Crippen molar-refractivity contribution < 1.29 is 22.1 Å². The minimum Gasteiger partial charge on any atom is -0.398 e. The molecule has 0 radical (unpaired) electrons. The van der Waals surface area contributed by atoms with Crippen molar-refractivity contribution in [3.8, 4) is 0 Å². The Morgan fingerprint density at radius 1 is 1.20 bits per heavy atom. The molecule has 0 spiro atoms. The summed E-state index contributed by atoms with van der Waals surface area (Å²) in [4.78, 5) is 20.7. The molecule has 1 saturated heterocycles. The Morgan fingerprint density at radius 2 is 2.00 bits per heavy atom. The number of pyridine rings is 1. The molecule has 1 aliphatic heterocycles. The summed E-state index contributed by atoms with van der Waals surface area (Å²) < 4.78 is 38.6. The topological polar surface area (TPSA) is 164 Å². The third-order valence-electron chi connectivity index (χ3n) is 4.72. The Bertz CT molecular complexity index is 1190. The number of nitrogens with one attached hydrogen (secondary N) is 1. The maximum atomic E-state index is 12.1. The number of benzene rings is 1. The van der Waals surface area contributed by atoms with E-state index in [0.717, 1.165) is 0 Å². The molecular formula is C18H20N6O5S. The van der Waals surface area contributed by atoms with E-state index >= 15 is 0 Å². The predicted molar refractivity (Wildman–Crippen MR) is 108 cm³/mol. The molecule has 0 saturated carbocycles. The molecule has 30 heavy (non-hydrogen) atoms. The molecule has 1 fully saturated rings. The lowest BCUT2D eigenvalue weighted by Gasteiger charge is -2.15. The van der Waals surface area contributed by atoms with Gasteiger partial charge in [-0.05, 0) is 31.0 Å². The number of hydrogen-bond donors (Lipinski definition) is 3. The number of rotatable bonds is 6. The maximum absolute atomic E-state index is 12.1. The lowest BCUT2D eigenvalue weighted by molar-refractivity contribution is -0.0151. The second kappa shape index (κ2) is 7.89. The number of amides is 1. The Labute approximate surface area is 172 Å². The minimum atomic E-state index is -4.33. The first kappa shape index (κ1) is 20.1. The first-order valence-corrected chi connectivity index (χ1v) is 10.5. The van der Waals surface area contributed by atoms with Crippen molar-refractivity contribution in [1.29, 1.82) is 0 Å². The van der Waals surface area contributed by atoms with Gasteiger partial charge in [-0.1, -0.05) is 12.1 Å². The monoisotopic (exact) mass is 432 g/mol. The van der Waals surface area contributed by atoms with E-state index in [0.29, 0.717) is 29.7 Å². The standard InChI is InChI=1S/C18H20N6O5S/c19-13-4-2-1-3-12(13)18(25)23-30(26,27)28-9-11-5-6-15(29-11)24-10-22-16-14(20)7-8-21-17(16)24/h1-4,7-8,10-11,15H,5-6,9,19H2,(H2,20,21)(H,23,25)/t11-,15+/m0/s1. The average Bonchev–Trinajstić information content (AvgIpc) is 3.34. The largest absolute Gasteiger partial charge is 0.398 e. The molecule has 2 atom stereocenters. The zero-order chi connectivity index (χ0) is 21.3. The molecule has 3 heterocycles. The molecule has 158 valence electrons. The van der Waals surface area contributed by atoms with Crippen LogP contribution in [0.3, 0.4) is 0 Å². The van der Waals surface area contributed by atoms with Crippen LogP contribution in [0.25, 0.3) is 11.2 Å². The summed E-state index contributed by atoms with van der Waals surface area (Å²) in [6, 6.07) is 7.79. The third-order valence-corrected chi connectivity index (χ3v) is 5.60. The zero-order valence-electron chi connectivity index (χ0n) is 15.8. The molecule has 11 nitrogen and oxygen atoms in total. The summed E-state index contributed by atoms with van der Waals surface area (Å²) in [5.74, 6) is -0.869. The van der Waals surface area contributed by atoms with Crippen LogP contribution in [0, 0.1) is 0 Å². The molecule has 0 bridgehead atoms. The van der Waals surface area contributed by atoms with Crippen LogP contribution in [0.15, 0.2) is 42.9 Å². The molecule has 1 aliphatic rings. The van der Waals surface area contributed by atoms with Gasteiger partial charge in [0.1, 0.15) is 11.7 Å². The number of imidazole rings is 1. The Kier molecular flexibility index (Phi) is 5.28. The summed E-state index contributed by atoms with van der Waals surface area (Å²) >= 11 is 0. The summed E-state index contributed by atoms with van der Waals surface area (Å²) in [6.07, 6.45) is 3.48. The first-order chi connectivity index (χ1) is 14.3. The van der Waals surface area contributed by atoms with Crippen molar-refractivity contribution in [2.75, 3.05) is 18.1 Å². The highest BCUT2D eigenvalue weighted by atomic mass is 32.2. The summed E-state index contributed by atoms with van der Waals surface area (Å²) in [5, 5.41) is 0. The van der Waals surface area contributed by atoms with Gasteiger partial charge >= 0.3 is 10.3 Å². The molecule has 0 unspecified atom stereocenters. The lowest BCUT2D eigenvalue weighted by Crippen LogP contribution is -2.34. The van der Waals surface area contributed by atoms with E-state index in [-0.39, 0.29) is 24.1 Å². The second-order valence-electron chi connectivity index (χ2n) is 6.77. The van der Waals surface area contributed by atoms with Crippen LogP contribution in [-0.2, 0) is 19.2 Å². The van der Waals surface area contributed by atoms with E-state index in [9.17, 15) is 13.2 Å². The van der Waals surface area contributed by atoms with Crippen molar-refractivity contribution in [2.24, 2.45) is 0 Å². The van der Waals surface area contributed by atoms with E-state index in [1.54, 1.807) is 35.3 Å². The lowest BCUT2D eigenvalue weighted by atomic mass is 10.2. The van der Waals surface area contributed by atoms with Gasteiger partial charge in [-0.2, -0.15) is 8.42 Å². The highest BCUT2D eigenvalue weighted by Crippen LogP contribution is 2.31.